The van der Waals surface area contributed by atoms with Crippen molar-refractivity contribution in [2.24, 2.45) is 0 Å². The summed E-state index contributed by atoms with van der Waals surface area (Å²) < 4.78 is 6.76. The van der Waals surface area contributed by atoms with Crippen LogP contribution in [0.3, 0.4) is 0 Å². The Bertz CT molecular complexity index is 539. The van der Waals surface area contributed by atoms with Crippen molar-refractivity contribution in [3.05, 3.63) is 18.2 Å². The number of aryl methyl sites for hydroxylation is 1. The highest BCUT2D eigenvalue weighted by atomic mass is 16.5. The van der Waals surface area contributed by atoms with E-state index in [2.05, 4.69) is 15.5 Å². The van der Waals surface area contributed by atoms with Crippen molar-refractivity contribution in [2.45, 2.75) is 19.4 Å². The van der Waals surface area contributed by atoms with Crippen LogP contribution in [0.25, 0.3) is 11.4 Å². The second kappa shape index (κ2) is 6.14. The van der Waals surface area contributed by atoms with Crippen LogP contribution in [0.5, 0.6) is 0 Å². The van der Waals surface area contributed by atoms with Crippen molar-refractivity contribution in [2.75, 3.05) is 25.2 Å². The van der Waals surface area contributed by atoms with Gasteiger partial charge in [0.1, 0.15) is 0 Å². The normalized spacial score (nSPS) is 10.8. The van der Waals surface area contributed by atoms with Gasteiger partial charge in [0.2, 0.25) is 0 Å². The quantitative estimate of drug-likeness (QED) is 0.592. The van der Waals surface area contributed by atoms with Gasteiger partial charge in [-0.15, -0.1) is 5.10 Å². The topological polar surface area (TPSA) is 105 Å². The molecule has 0 bridgehead atoms. The molecule has 0 unspecified atom stereocenters. The van der Waals surface area contributed by atoms with Crippen molar-refractivity contribution >= 4 is 11.4 Å². The first-order valence-corrected chi connectivity index (χ1v) is 6.13. The van der Waals surface area contributed by atoms with E-state index in [4.69, 9.17) is 16.2 Å². The molecule has 102 valence electrons. The van der Waals surface area contributed by atoms with E-state index in [9.17, 15) is 0 Å². The lowest BCUT2D eigenvalue weighted by molar-refractivity contribution is 0.191. The molecule has 4 N–H and O–H groups in total. The van der Waals surface area contributed by atoms with Crippen LogP contribution < -0.4 is 11.5 Å². The van der Waals surface area contributed by atoms with Crippen molar-refractivity contribution < 1.29 is 4.74 Å². The molecule has 7 nitrogen and oxygen atoms in total. The Balaban J connectivity index is 2.14. The Labute approximate surface area is 111 Å². The molecule has 1 aromatic heterocycles. The Morgan fingerprint density at radius 1 is 1.26 bits per heavy atom. The molecule has 2 aromatic rings. The lowest BCUT2D eigenvalue weighted by atomic mass is 10.1. The molecule has 19 heavy (non-hydrogen) atoms. The summed E-state index contributed by atoms with van der Waals surface area (Å²) in [5, 5.41) is 11.7. The summed E-state index contributed by atoms with van der Waals surface area (Å²) in [5.74, 6) is 0.662. The highest BCUT2D eigenvalue weighted by Crippen LogP contribution is 2.25. The van der Waals surface area contributed by atoms with E-state index in [1.54, 1.807) is 23.9 Å². The molecule has 1 heterocycles. The standard InChI is InChI=1S/C12H18N6O/c1-19-7-3-2-6-18-12(15-16-17-18)10-5-4-9(13)8-11(10)14/h4-5,8H,2-3,6-7,13-14H2,1H3. The highest BCUT2D eigenvalue weighted by Gasteiger charge is 2.11. The summed E-state index contributed by atoms with van der Waals surface area (Å²) in [6.07, 6.45) is 1.91. The van der Waals surface area contributed by atoms with Crippen LogP contribution in [-0.4, -0.2) is 33.9 Å². The Hall–Kier alpha value is -2.15. The number of nitrogens with two attached hydrogens (primary N) is 2. The number of nitrogen functional groups attached to an aromatic ring is 2. The predicted octanol–water partition coefficient (Wildman–Crippen LogP) is 0.931. The van der Waals surface area contributed by atoms with Crippen LogP contribution in [0.15, 0.2) is 18.2 Å². The molecule has 0 amide bonds. The van der Waals surface area contributed by atoms with Crippen molar-refractivity contribution in [3.8, 4) is 11.4 Å². The first-order chi connectivity index (χ1) is 9.22. The maximum absolute atomic E-state index is 5.95. The zero-order valence-corrected chi connectivity index (χ0v) is 10.9. The van der Waals surface area contributed by atoms with Gasteiger partial charge in [-0.25, -0.2) is 4.68 Å². The number of hydrogen-bond donors (Lipinski definition) is 2. The second-order valence-corrected chi connectivity index (χ2v) is 4.27. The number of unbranched alkanes of at least 4 members (excludes halogenated alkanes) is 1. The van der Waals surface area contributed by atoms with Crippen LogP contribution >= 0.6 is 0 Å². The highest BCUT2D eigenvalue weighted by molar-refractivity contribution is 5.74. The third-order valence-electron chi connectivity index (χ3n) is 2.82. The van der Waals surface area contributed by atoms with Crippen LogP contribution in [0.1, 0.15) is 12.8 Å². The van der Waals surface area contributed by atoms with Gasteiger partial charge < -0.3 is 16.2 Å². The predicted molar refractivity (Wildman–Crippen MR) is 73.2 cm³/mol. The van der Waals surface area contributed by atoms with Crippen LogP contribution in [0.2, 0.25) is 0 Å². The number of methoxy groups -OCH3 is 1. The second-order valence-electron chi connectivity index (χ2n) is 4.27. The maximum atomic E-state index is 5.95. The van der Waals surface area contributed by atoms with Gasteiger partial charge in [-0.3, -0.25) is 0 Å². The minimum atomic E-state index is 0.577. The zero-order valence-electron chi connectivity index (χ0n) is 10.9. The Morgan fingerprint density at radius 3 is 2.84 bits per heavy atom. The minimum Gasteiger partial charge on any atom is -0.399 e. The van der Waals surface area contributed by atoms with Gasteiger partial charge in [0, 0.05) is 37.2 Å². The van der Waals surface area contributed by atoms with Crippen molar-refractivity contribution in [1.82, 2.24) is 20.2 Å². The van der Waals surface area contributed by atoms with E-state index in [1.807, 2.05) is 6.07 Å². The monoisotopic (exact) mass is 262 g/mol. The molecule has 0 atom stereocenters. The third kappa shape index (κ3) is 3.19. The summed E-state index contributed by atoms with van der Waals surface area (Å²) >= 11 is 0. The molecule has 0 saturated heterocycles. The smallest absolute Gasteiger partial charge is 0.184 e. The van der Waals surface area contributed by atoms with Gasteiger partial charge in [-0.05, 0) is 41.5 Å². The van der Waals surface area contributed by atoms with Gasteiger partial charge >= 0.3 is 0 Å². The Morgan fingerprint density at radius 2 is 2.11 bits per heavy atom. The minimum absolute atomic E-state index is 0.577. The van der Waals surface area contributed by atoms with E-state index in [0.717, 1.165) is 31.6 Å². The molecule has 2 rings (SSSR count). The first-order valence-electron chi connectivity index (χ1n) is 6.13. The van der Waals surface area contributed by atoms with E-state index in [0.29, 0.717) is 17.2 Å². The molecule has 0 fully saturated rings. The SMILES string of the molecule is COCCCCn1nnnc1-c1ccc(N)cc1N. The van der Waals surface area contributed by atoms with Crippen LogP contribution in [-0.2, 0) is 11.3 Å². The third-order valence-corrected chi connectivity index (χ3v) is 2.82. The summed E-state index contributed by atoms with van der Waals surface area (Å²) in [6, 6.07) is 5.33. The zero-order chi connectivity index (χ0) is 13.7. The van der Waals surface area contributed by atoms with Crippen molar-refractivity contribution in [1.29, 1.82) is 0 Å². The Kier molecular flexibility index (Phi) is 4.30. The first kappa shape index (κ1) is 13.3. The van der Waals surface area contributed by atoms with Gasteiger partial charge in [0.05, 0.1) is 0 Å². The van der Waals surface area contributed by atoms with Gasteiger partial charge in [-0.2, -0.15) is 0 Å². The van der Waals surface area contributed by atoms with Crippen LogP contribution in [0.4, 0.5) is 11.4 Å². The molecule has 0 radical (unpaired) electrons. The van der Waals surface area contributed by atoms with Gasteiger partial charge in [0.15, 0.2) is 5.82 Å². The molecular weight excluding hydrogens is 244 g/mol. The molecule has 7 heteroatoms. The van der Waals surface area contributed by atoms with E-state index in [1.165, 1.54) is 0 Å². The number of rotatable bonds is 6. The van der Waals surface area contributed by atoms with Crippen LogP contribution in [0, 0.1) is 0 Å². The summed E-state index contributed by atoms with van der Waals surface area (Å²) in [6.45, 7) is 1.47. The number of nitrogens with zero attached hydrogens (tertiary/aromatic N) is 4. The van der Waals surface area contributed by atoms with Crippen molar-refractivity contribution in [3.63, 3.8) is 0 Å². The van der Waals surface area contributed by atoms with E-state index < -0.39 is 0 Å². The average molecular weight is 262 g/mol. The molecule has 1 aromatic carbocycles. The number of tetrazole rings is 1. The average Bonchev–Trinajstić information content (AvgIpc) is 2.83. The molecule has 0 aliphatic carbocycles. The molecule has 0 spiro atoms. The largest absolute Gasteiger partial charge is 0.399 e. The fraction of sp³-hybridized carbons (Fsp3) is 0.417. The maximum Gasteiger partial charge on any atom is 0.184 e. The number of anilines is 2. The lowest BCUT2D eigenvalue weighted by Gasteiger charge is -2.07. The van der Waals surface area contributed by atoms with Gasteiger partial charge in [0.25, 0.3) is 0 Å². The fourth-order valence-corrected chi connectivity index (χ4v) is 1.84. The lowest BCUT2D eigenvalue weighted by Crippen LogP contribution is -2.05. The summed E-state index contributed by atoms with van der Waals surface area (Å²) in [5.41, 5.74) is 13.6. The van der Waals surface area contributed by atoms with E-state index in [-0.39, 0.29) is 0 Å². The fourth-order valence-electron chi connectivity index (χ4n) is 1.84. The number of aromatic nitrogens is 4. The molecule has 0 aliphatic rings. The number of ether oxygens (including phenoxy) is 1. The summed E-state index contributed by atoms with van der Waals surface area (Å²) in [7, 11) is 1.69. The molecule has 0 saturated carbocycles. The van der Waals surface area contributed by atoms with Gasteiger partial charge in [-0.1, -0.05) is 0 Å². The molecular formula is C12H18N6O. The summed E-state index contributed by atoms with van der Waals surface area (Å²) in [4.78, 5) is 0. The number of benzene rings is 1. The number of hydrogen-bond acceptors (Lipinski definition) is 6. The van der Waals surface area contributed by atoms with E-state index >= 15 is 0 Å². The molecule has 0 aliphatic heterocycles.